The summed E-state index contributed by atoms with van der Waals surface area (Å²) in [6, 6.07) is 6.68. The second-order valence-corrected chi connectivity index (χ2v) is 6.02. The molecule has 3 rings (SSSR count). The van der Waals surface area contributed by atoms with E-state index in [2.05, 4.69) is 45.7 Å². The van der Waals surface area contributed by atoms with Crippen molar-refractivity contribution in [3.63, 3.8) is 0 Å². The van der Waals surface area contributed by atoms with Crippen molar-refractivity contribution in [1.29, 1.82) is 0 Å². The number of hydrogen-bond acceptors (Lipinski definition) is 5. The Kier molecular flexibility index (Phi) is 4.51. The number of aryl methyl sites for hydroxylation is 1. The maximum Gasteiger partial charge on any atom is 0.249 e. The Hall–Kier alpha value is -2.17. The monoisotopic (exact) mass is 297 g/mol. The minimum Gasteiger partial charge on any atom is -0.366 e. The van der Waals surface area contributed by atoms with E-state index >= 15 is 0 Å². The zero-order chi connectivity index (χ0) is 15.4. The highest BCUT2D eigenvalue weighted by Gasteiger charge is 2.14. The lowest BCUT2D eigenvalue weighted by atomic mass is 9.96. The van der Waals surface area contributed by atoms with E-state index in [0.29, 0.717) is 12.0 Å². The van der Waals surface area contributed by atoms with Crippen molar-refractivity contribution in [1.82, 2.24) is 15.2 Å². The summed E-state index contributed by atoms with van der Waals surface area (Å²) in [7, 11) is 0. The Morgan fingerprint density at radius 2 is 1.91 bits per heavy atom. The highest BCUT2D eigenvalue weighted by Crippen LogP contribution is 2.23. The van der Waals surface area contributed by atoms with Crippen molar-refractivity contribution < 1.29 is 0 Å². The van der Waals surface area contributed by atoms with Gasteiger partial charge in [0, 0.05) is 11.7 Å². The molecule has 5 nitrogen and oxygen atoms in total. The largest absolute Gasteiger partial charge is 0.366 e. The molecule has 2 N–H and O–H groups in total. The van der Waals surface area contributed by atoms with Gasteiger partial charge in [0.15, 0.2) is 5.82 Å². The summed E-state index contributed by atoms with van der Waals surface area (Å²) in [4.78, 5) is 4.54. The van der Waals surface area contributed by atoms with E-state index in [9.17, 15) is 0 Å². The van der Waals surface area contributed by atoms with Crippen molar-refractivity contribution >= 4 is 17.5 Å². The van der Waals surface area contributed by atoms with Gasteiger partial charge in [-0.15, -0.1) is 5.10 Å². The van der Waals surface area contributed by atoms with E-state index in [1.807, 2.05) is 12.1 Å². The van der Waals surface area contributed by atoms with Gasteiger partial charge in [0.2, 0.25) is 5.95 Å². The summed E-state index contributed by atoms with van der Waals surface area (Å²) in [5, 5.41) is 14.9. The Morgan fingerprint density at radius 1 is 1.09 bits per heavy atom. The molecule has 0 spiro atoms. The van der Waals surface area contributed by atoms with Crippen molar-refractivity contribution in [2.24, 2.45) is 0 Å². The third-order valence-corrected chi connectivity index (χ3v) is 4.37. The molecule has 1 aliphatic rings. The van der Waals surface area contributed by atoms with E-state index in [1.54, 1.807) is 6.20 Å². The SMILES string of the molecule is Cc1cccc(Nc2nncc(NC3CCCCC3)n2)c1C. The normalized spacial score (nSPS) is 15.5. The maximum atomic E-state index is 4.54. The molecule has 0 bridgehead atoms. The summed E-state index contributed by atoms with van der Waals surface area (Å²) in [6.45, 7) is 4.19. The molecule has 1 heterocycles. The Morgan fingerprint density at radius 3 is 2.73 bits per heavy atom. The molecule has 0 aliphatic heterocycles. The van der Waals surface area contributed by atoms with E-state index in [1.165, 1.54) is 43.2 Å². The Balaban J connectivity index is 1.72. The van der Waals surface area contributed by atoms with Gasteiger partial charge in [0.25, 0.3) is 0 Å². The first kappa shape index (κ1) is 14.8. The molecule has 0 saturated heterocycles. The molecule has 5 heteroatoms. The zero-order valence-corrected chi connectivity index (χ0v) is 13.3. The quantitative estimate of drug-likeness (QED) is 0.894. The summed E-state index contributed by atoms with van der Waals surface area (Å²) >= 11 is 0. The molecule has 0 amide bonds. The molecular formula is C17H23N5. The molecule has 22 heavy (non-hydrogen) atoms. The first-order valence-electron chi connectivity index (χ1n) is 8.02. The third-order valence-electron chi connectivity index (χ3n) is 4.37. The standard InChI is InChI=1S/C17H23N5/c1-12-7-6-10-15(13(12)2)20-17-21-16(11-18-22-17)19-14-8-4-3-5-9-14/h6-7,10-11,14H,3-5,8-9H2,1-2H3,(H2,19,20,21,22). The van der Waals surface area contributed by atoms with Crippen LogP contribution in [-0.4, -0.2) is 21.2 Å². The van der Waals surface area contributed by atoms with Crippen LogP contribution in [0.3, 0.4) is 0 Å². The van der Waals surface area contributed by atoms with Gasteiger partial charge in [-0.05, 0) is 43.9 Å². The fraction of sp³-hybridized carbons (Fsp3) is 0.471. The minimum atomic E-state index is 0.513. The first-order chi connectivity index (χ1) is 10.7. The highest BCUT2D eigenvalue weighted by molar-refractivity contribution is 5.60. The van der Waals surface area contributed by atoms with Gasteiger partial charge in [0.05, 0.1) is 6.20 Å². The van der Waals surface area contributed by atoms with Crippen LogP contribution in [0.2, 0.25) is 0 Å². The van der Waals surface area contributed by atoms with E-state index < -0.39 is 0 Å². The summed E-state index contributed by atoms with van der Waals surface area (Å²) < 4.78 is 0. The zero-order valence-electron chi connectivity index (χ0n) is 13.3. The van der Waals surface area contributed by atoms with Crippen LogP contribution in [0, 0.1) is 13.8 Å². The van der Waals surface area contributed by atoms with Crippen molar-refractivity contribution in [3.8, 4) is 0 Å². The lowest BCUT2D eigenvalue weighted by Crippen LogP contribution is -2.23. The maximum absolute atomic E-state index is 4.54. The third kappa shape index (κ3) is 3.53. The summed E-state index contributed by atoms with van der Waals surface area (Å²) in [6.07, 6.45) is 8.06. The molecule has 2 aromatic rings. The molecule has 0 unspecified atom stereocenters. The number of nitrogens with one attached hydrogen (secondary N) is 2. The molecule has 1 aliphatic carbocycles. The van der Waals surface area contributed by atoms with Gasteiger partial charge in [-0.2, -0.15) is 10.1 Å². The second-order valence-electron chi connectivity index (χ2n) is 6.02. The molecule has 1 fully saturated rings. The number of benzene rings is 1. The number of anilines is 3. The van der Waals surface area contributed by atoms with Crippen LogP contribution in [0.5, 0.6) is 0 Å². The Bertz CT molecular complexity index is 635. The van der Waals surface area contributed by atoms with E-state index in [-0.39, 0.29) is 0 Å². The van der Waals surface area contributed by atoms with Crippen LogP contribution in [0.4, 0.5) is 17.5 Å². The van der Waals surface area contributed by atoms with Crippen LogP contribution in [0.15, 0.2) is 24.4 Å². The Labute approximate surface area is 131 Å². The molecule has 1 aromatic carbocycles. The van der Waals surface area contributed by atoms with Crippen molar-refractivity contribution in [2.45, 2.75) is 52.0 Å². The summed E-state index contributed by atoms with van der Waals surface area (Å²) in [5.41, 5.74) is 3.47. The minimum absolute atomic E-state index is 0.513. The predicted molar refractivity (Wildman–Crippen MR) is 89.5 cm³/mol. The second kappa shape index (κ2) is 6.73. The van der Waals surface area contributed by atoms with Crippen LogP contribution in [0.25, 0.3) is 0 Å². The average Bonchev–Trinajstić information content (AvgIpc) is 2.53. The van der Waals surface area contributed by atoms with E-state index in [4.69, 9.17) is 0 Å². The van der Waals surface area contributed by atoms with Crippen molar-refractivity contribution in [2.75, 3.05) is 10.6 Å². The molecule has 0 radical (unpaired) electrons. The summed E-state index contributed by atoms with van der Waals surface area (Å²) in [5.74, 6) is 1.34. The fourth-order valence-corrected chi connectivity index (χ4v) is 2.89. The van der Waals surface area contributed by atoms with Gasteiger partial charge in [0.1, 0.15) is 0 Å². The number of rotatable bonds is 4. The lowest BCUT2D eigenvalue weighted by Gasteiger charge is -2.23. The van der Waals surface area contributed by atoms with Gasteiger partial charge >= 0.3 is 0 Å². The molecule has 1 saturated carbocycles. The smallest absolute Gasteiger partial charge is 0.249 e. The number of aromatic nitrogens is 3. The van der Waals surface area contributed by atoms with Crippen molar-refractivity contribution in [3.05, 3.63) is 35.5 Å². The molecule has 116 valence electrons. The molecular weight excluding hydrogens is 274 g/mol. The molecule has 1 aromatic heterocycles. The highest BCUT2D eigenvalue weighted by atomic mass is 15.3. The fourth-order valence-electron chi connectivity index (χ4n) is 2.89. The van der Waals surface area contributed by atoms with Gasteiger partial charge in [-0.3, -0.25) is 0 Å². The average molecular weight is 297 g/mol. The van der Waals surface area contributed by atoms with Crippen LogP contribution in [0.1, 0.15) is 43.2 Å². The number of nitrogens with zero attached hydrogens (tertiary/aromatic N) is 3. The lowest BCUT2D eigenvalue weighted by molar-refractivity contribution is 0.461. The number of hydrogen-bond donors (Lipinski definition) is 2. The van der Waals surface area contributed by atoms with Crippen LogP contribution in [-0.2, 0) is 0 Å². The first-order valence-corrected chi connectivity index (χ1v) is 8.02. The van der Waals surface area contributed by atoms with E-state index in [0.717, 1.165) is 11.5 Å². The van der Waals surface area contributed by atoms with Gasteiger partial charge < -0.3 is 10.6 Å². The van der Waals surface area contributed by atoms with Crippen LogP contribution >= 0.6 is 0 Å². The molecule has 0 atom stereocenters. The topological polar surface area (TPSA) is 62.7 Å². The van der Waals surface area contributed by atoms with Crippen LogP contribution < -0.4 is 10.6 Å². The predicted octanol–water partition coefficient (Wildman–Crippen LogP) is 3.98. The van der Waals surface area contributed by atoms with Gasteiger partial charge in [-0.25, -0.2) is 0 Å². The van der Waals surface area contributed by atoms with Gasteiger partial charge in [-0.1, -0.05) is 31.4 Å².